The molecule has 0 radical (unpaired) electrons. The summed E-state index contributed by atoms with van der Waals surface area (Å²) in [5.41, 5.74) is 6.28. The van der Waals surface area contributed by atoms with Gasteiger partial charge in [-0.1, -0.05) is 30.3 Å². The molecule has 5 nitrogen and oxygen atoms in total. The highest BCUT2D eigenvalue weighted by atomic mass is 16.5. The van der Waals surface area contributed by atoms with Gasteiger partial charge in [0.1, 0.15) is 0 Å². The van der Waals surface area contributed by atoms with Gasteiger partial charge in [0.05, 0.1) is 13.2 Å². The van der Waals surface area contributed by atoms with Gasteiger partial charge in [-0.25, -0.2) is 4.79 Å². The van der Waals surface area contributed by atoms with E-state index in [1.54, 1.807) is 0 Å². The zero-order valence-corrected chi connectivity index (χ0v) is 16.2. The van der Waals surface area contributed by atoms with Crippen LogP contribution in [0.5, 0.6) is 0 Å². The van der Waals surface area contributed by atoms with Crippen LogP contribution in [0.25, 0.3) is 0 Å². The molecule has 1 fully saturated rings. The predicted molar refractivity (Wildman–Crippen MR) is 109 cm³/mol. The van der Waals surface area contributed by atoms with Gasteiger partial charge in [-0.15, -0.1) is 0 Å². The fourth-order valence-corrected chi connectivity index (χ4v) is 4.73. The molecule has 2 heterocycles. The summed E-state index contributed by atoms with van der Waals surface area (Å²) < 4.78 is 5.45. The minimum atomic E-state index is 0.00695. The summed E-state index contributed by atoms with van der Waals surface area (Å²) >= 11 is 0. The van der Waals surface area contributed by atoms with Crippen LogP contribution in [0.1, 0.15) is 28.7 Å². The molecule has 1 atom stereocenters. The first-order valence-corrected chi connectivity index (χ1v) is 10.3. The Kier molecular flexibility index (Phi) is 4.79. The minimum Gasteiger partial charge on any atom is -0.372 e. The SMILES string of the molecule is O=C(Nc1ccc2c(c1)COC2)N1CCN([C@H]2CCc3ccccc3C2)CC1. The van der Waals surface area contributed by atoms with Crippen LogP contribution in [0.2, 0.25) is 0 Å². The lowest BCUT2D eigenvalue weighted by atomic mass is 9.87. The number of hydrogen-bond donors (Lipinski definition) is 1. The number of urea groups is 1. The van der Waals surface area contributed by atoms with Crippen LogP contribution < -0.4 is 5.32 Å². The average molecular weight is 377 g/mol. The van der Waals surface area contributed by atoms with Crippen LogP contribution in [0.15, 0.2) is 42.5 Å². The maximum absolute atomic E-state index is 12.7. The Morgan fingerprint density at radius 1 is 0.929 bits per heavy atom. The van der Waals surface area contributed by atoms with E-state index in [-0.39, 0.29) is 6.03 Å². The Morgan fingerprint density at radius 2 is 1.71 bits per heavy atom. The molecule has 5 rings (SSSR count). The molecule has 3 aliphatic rings. The van der Waals surface area contributed by atoms with Crippen LogP contribution in [0.3, 0.4) is 0 Å². The van der Waals surface area contributed by atoms with Gasteiger partial charge >= 0.3 is 6.03 Å². The van der Waals surface area contributed by atoms with Crippen LogP contribution in [-0.2, 0) is 30.8 Å². The molecule has 2 aromatic rings. The summed E-state index contributed by atoms with van der Waals surface area (Å²) in [7, 11) is 0. The summed E-state index contributed by atoms with van der Waals surface area (Å²) in [6.45, 7) is 4.81. The molecule has 146 valence electrons. The molecule has 0 aromatic heterocycles. The second kappa shape index (κ2) is 7.57. The van der Waals surface area contributed by atoms with Crippen molar-refractivity contribution in [2.24, 2.45) is 0 Å². The van der Waals surface area contributed by atoms with Gasteiger partial charge in [0, 0.05) is 37.9 Å². The second-order valence-corrected chi connectivity index (χ2v) is 8.09. The predicted octanol–water partition coefficient (Wildman–Crippen LogP) is 3.42. The normalized spacial score (nSPS) is 21.9. The van der Waals surface area contributed by atoms with E-state index in [1.165, 1.54) is 35.1 Å². The van der Waals surface area contributed by atoms with E-state index in [9.17, 15) is 4.79 Å². The molecular formula is C23H27N3O2. The van der Waals surface area contributed by atoms with E-state index in [0.717, 1.165) is 38.3 Å². The number of piperazine rings is 1. The van der Waals surface area contributed by atoms with Crippen LogP contribution in [-0.4, -0.2) is 48.1 Å². The number of fused-ring (bicyclic) bond motifs is 2. The first-order chi connectivity index (χ1) is 13.8. The first kappa shape index (κ1) is 17.7. The van der Waals surface area contributed by atoms with Crippen molar-refractivity contribution in [3.8, 4) is 0 Å². The third kappa shape index (κ3) is 3.52. The molecule has 2 aromatic carbocycles. The molecule has 2 amide bonds. The smallest absolute Gasteiger partial charge is 0.321 e. The number of aryl methyl sites for hydroxylation is 1. The Morgan fingerprint density at radius 3 is 2.57 bits per heavy atom. The topological polar surface area (TPSA) is 44.8 Å². The minimum absolute atomic E-state index is 0.00695. The average Bonchev–Trinajstić information content (AvgIpc) is 3.21. The summed E-state index contributed by atoms with van der Waals surface area (Å²) in [5, 5.41) is 3.06. The van der Waals surface area contributed by atoms with Gasteiger partial charge < -0.3 is 15.0 Å². The number of amides is 2. The van der Waals surface area contributed by atoms with E-state index < -0.39 is 0 Å². The highest BCUT2D eigenvalue weighted by Gasteiger charge is 2.28. The molecule has 2 aliphatic heterocycles. The van der Waals surface area contributed by atoms with Crippen molar-refractivity contribution in [2.45, 2.75) is 38.5 Å². The fourth-order valence-electron chi connectivity index (χ4n) is 4.73. The zero-order valence-electron chi connectivity index (χ0n) is 16.2. The van der Waals surface area contributed by atoms with Crippen molar-refractivity contribution in [1.29, 1.82) is 0 Å². The summed E-state index contributed by atoms with van der Waals surface area (Å²) in [5.74, 6) is 0. The van der Waals surface area contributed by atoms with Gasteiger partial charge in [0.25, 0.3) is 0 Å². The van der Waals surface area contributed by atoms with Gasteiger partial charge in [-0.3, -0.25) is 4.90 Å². The molecule has 0 spiro atoms. The van der Waals surface area contributed by atoms with Crippen LogP contribution in [0, 0.1) is 0 Å². The quantitative estimate of drug-likeness (QED) is 0.872. The number of benzene rings is 2. The van der Waals surface area contributed by atoms with Crippen LogP contribution in [0.4, 0.5) is 10.5 Å². The number of nitrogens with one attached hydrogen (secondary N) is 1. The number of nitrogens with zero attached hydrogens (tertiary/aromatic N) is 2. The van der Waals surface area contributed by atoms with Crippen molar-refractivity contribution in [2.75, 3.05) is 31.5 Å². The highest BCUT2D eigenvalue weighted by Crippen LogP contribution is 2.26. The number of hydrogen-bond acceptors (Lipinski definition) is 3. The summed E-state index contributed by atoms with van der Waals surface area (Å²) in [6.07, 6.45) is 3.53. The number of carbonyl (C=O) groups is 1. The van der Waals surface area contributed by atoms with E-state index in [4.69, 9.17) is 4.74 Å². The second-order valence-electron chi connectivity index (χ2n) is 8.09. The maximum atomic E-state index is 12.7. The molecule has 1 saturated heterocycles. The van der Waals surface area contributed by atoms with E-state index in [1.807, 2.05) is 17.0 Å². The third-order valence-corrected chi connectivity index (χ3v) is 6.41. The third-order valence-electron chi connectivity index (χ3n) is 6.41. The fraction of sp³-hybridized carbons (Fsp3) is 0.435. The van der Waals surface area contributed by atoms with Gasteiger partial charge in [0.15, 0.2) is 0 Å². The molecule has 1 aliphatic carbocycles. The van der Waals surface area contributed by atoms with Crippen molar-refractivity contribution in [3.05, 3.63) is 64.7 Å². The Balaban J connectivity index is 1.15. The van der Waals surface area contributed by atoms with Crippen LogP contribution >= 0.6 is 0 Å². The van der Waals surface area contributed by atoms with Crippen molar-refractivity contribution < 1.29 is 9.53 Å². The molecule has 5 heteroatoms. The van der Waals surface area contributed by atoms with Gasteiger partial charge in [-0.2, -0.15) is 0 Å². The lowest BCUT2D eigenvalue weighted by molar-refractivity contribution is 0.106. The first-order valence-electron chi connectivity index (χ1n) is 10.3. The summed E-state index contributed by atoms with van der Waals surface area (Å²) in [4.78, 5) is 17.2. The zero-order chi connectivity index (χ0) is 18.9. The number of rotatable bonds is 2. The Bertz CT molecular complexity index is 874. The van der Waals surface area contributed by atoms with Gasteiger partial charge in [-0.05, 0) is 53.6 Å². The van der Waals surface area contributed by atoms with Crippen molar-refractivity contribution in [3.63, 3.8) is 0 Å². The number of ether oxygens (including phenoxy) is 1. The molecule has 28 heavy (non-hydrogen) atoms. The number of carbonyl (C=O) groups excluding carboxylic acids is 1. The van der Waals surface area contributed by atoms with Crippen molar-refractivity contribution in [1.82, 2.24) is 9.80 Å². The van der Waals surface area contributed by atoms with E-state index >= 15 is 0 Å². The van der Waals surface area contributed by atoms with E-state index in [0.29, 0.717) is 19.3 Å². The highest BCUT2D eigenvalue weighted by molar-refractivity contribution is 5.89. The number of anilines is 1. The van der Waals surface area contributed by atoms with Gasteiger partial charge in [0.2, 0.25) is 0 Å². The van der Waals surface area contributed by atoms with Crippen molar-refractivity contribution >= 4 is 11.7 Å². The monoisotopic (exact) mass is 377 g/mol. The molecular weight excluding hydrogens is 350 g/mol. The summed E-state index contributed by atoms with van der Waals surface area (Å²) in [6, 6.07) is 15.5. The maximum Gasteiger partial charge on any atom is 0.321 e. The molecule has 0 saturated carbocycles. The molecule has 0 unspecified atom stereocenters. The van der Waals surface area contributed by atoms with E-state index in [2.05, 4.69) is 40.5 Å². The lowest BCUT2D eigenvalue weighted by Crippen LogP contribution is -2.53. The largest absolute Gasteiger partial charge is 0.372 e. The lowest BCUT2D eigenvalue weighted by Gasteiger charge is -2.41. The standard InChI is InChI=1S/C23H27N3O2/c27-23(24-21-7-5-19-15-28-16-20(19)13-21)26-11-9-25(10-12-26)22-8-6-17-3-1-2-4-18(17)14-22/h1-5,7,13,22H,6,8-12,14-16H2,(H,24,27)/t22-/m0/s1. The Labute approximate surface area is 166 Å². The molecule has 1 N–H and O–H groups in total. The molecule has 0 bridgehead atoms. The Hall–Kier alpha value is -2.37.